The number of benzene rings is 1. The molecule has 3 rings (SSSR count). The second-order valence-electron chi connectivity index (χ2n) is 7.19. The summed E-state index contributed by atoms with van der Waals surface area (Å²) in [7, 11) is 0. The van der Waals surface area contributed by atoms with Crippen LogP contribution >= 0.6 is 11.8 Å². The van der Waals surface area contributed by atoms with E-state index >= 15 is 0 Å². The summed E-state index contributed by atoms with van der Waals surface area (Å²) in [5.41, 5.74) is 0.701. The van der Waals surface area contributed by atoms with Crippen molar-refractivity contribution in [2.45, 2.75) is 37.8 Å². The molecule has 0 radical (unpaired) electrons. The number of likely N-dealkylation sites (tertiary alicyclic amines) is 1. The van der Waals surface area contributed by atoms with Gasteiger partial charge in [-0.3, -0.25) is 9.59 Å². The fourth-order valence-electron chi connectivity index (χ4n) is 3.63. The van der Waals surface area contributed by atoms with Crippen molar-refractivity contribution in [2.75, 3.05) is 25.4 Å². The van der Waals surface area contributed by atoms with Gasteiger partial charge in [-0.05, 0) is 44.2 Å². The zero-order chi connectivity index (χ0) is 20.5. The number of amides is 1. The Morgan fingerprint density at radius 2 is 1.79 bits per heavy atom. The number of aromatic nitrogens is 2. The molecule has 6 nitrogen and oxygen atoms in total. The Bertz CT molecular complexity index is 793. The molecule has 7 heteroatoms. The van der Waals surface area contributed by atoms with Crippen molar-refractivity contribution in [1.29, 1.82) is 0 Å². The molecule has 0 aliphatic carbocycles. The summed E-state index contributed by atoms with van der Waals surface area (Å²) in [6, 6.07) is 11.9. The second kappa shape index (κ2) is 10.4. The van der Waals surface area contributed by atoms with Crippen molar-refractivity contribution >= 4 is 23.6 Å². The molecule has 1 fully saturated rings. The predicted molar refractivity (Wildman–Crippen MR) is 112 cm³/mol. The summed E-state index contributed by atoms with van der Waals surface area (Å²) >= 11 is 1.34. The van der Waals surface area contributed by atoms with Gasteiger partial charge in [0, 0.05) is 25.5 Å². The first-order valence-corrected chi connectivity index (χ1v) is 11.0. The van der Waals surface area contributed by atoms with Gasteiger partial charge in [0.05, 0.1) is 17.8 Å². The summed E-state index contributed by atoms with van der Waals surface area (Å²) in [6.07, 6.45) is 6.18. The number of hydrogen-bond acceptors (Lipinski definition) is 6. The van der Waals surface area contributed by atoms with E-state index in [1.807, 2.05) is 30.0 Å². The molecule has 154 valence electrons. The van der Waals surface area contributed by atoms with E-state index in [2.05, 4.69) is 22.1 Å². The molecule has 29 heavy (non-hydrogen) atoms. The Balaban J connectivity index is 1.57. The molecule has 2 aromatic rings. The Kier molecular flexibility index (Phi) is 7.63. The minimum absolute atomic E-state index is 0.0583. The van der Waals surface area contributed by atoms with Crippen molar-refractivity contribution in [3.8, 4) is 0 Å². The first kappa shape index (κ1) is 21.3. The van der Waals surface area contributed by atoms with Crippen LogP contribution in [0.15, 0.2) is 53.9 Å². The van der Waals surface area contributed by atoms with E-state index in [1.165, 1.54) is 17.3 Å². The van der Waals surface area contributed by atoms with E-state index in [4.69, 9.17) is 4.74 Å². The van der Waals surface area contributed by atoms with Gasteiger partial charge in [0.15, 0.2) is 5.16 Å². The summed E-state index contributed by atoms with van der Waals surface area (Å²) in [4.78, 5) is 35.5. The van der Waals surface area contributed by atoms with Crippen LogP contribution in [0.1, 0.15) is 31.7 Å². The smallest absolute Gasteiger partial charge is 0.312 e. The number of piperidine rings is 1. The van der Waals surface area contributed by atoms with Crippen LogP contribution in [0.2, 0.25) is 0 Å². The van der Waals surface area contributed by atoms with Crippen LogP contribution in [0.5, 0.6) is 0 Å². The third-order valence-electron chi connectivity index (χ3n) is 5.38. The highest BCUT2D eigenvalue weighted by molar-refractivity contribution is 7.99. The zero-order valence-electron chi connectivity index (χ0n) is 16.8. The first-order chi connectivity index (χ1) is 14.1. The van der Waals surface area contributed by atoms with E-state index in [0.717, 1.165) is 12.8 Å². The highest BCUT2D eigenvalue weighted by Gasteiger charge is 2.43. The maximum absolute atomic E-state index is 12.8. The monoisotopic (exact) mass is 413 g/mol. The lowest BCUT2D eigenvalue weighted by Crippen LogP contribution is -2.48. The minimum atomic E-state index is -0.516. The molecule has 0 atom stereocenters. The van der Waals surface area contributed by atoms with Crippen LogP contribution < -0.4 is 0 Å². The SMILES string of the molecule is CCOC(=O)C1(CCc2ccccc2)CCN(C(=O)CSc2ncccn2)CC1. The number of ether oxygens (including phenoxy) is 1. The van der Waals surface area contributed by atoms with Gasteiger partial charge in [-0.25, -0.2) is 9.97 Å². The first-order valence-electron chi connectivity index (χ1n) is 10.0. The number of carbonyl (C=O) groups excluding carboxylic acids is 2. The Morgan fingerprint density at radius 1 is 1.10 bits per heavy atom. The number of aryl methyl sites for hydroxylation is 1. The topological polar surface area (TPSA) is 72.4 Å². The summed E-state index contributed by atoms with van der Waals surface area (Å²) < 4.78 is 5.41. The third-order valence-corrected chi connectivity index (χ3v) is 6.24. The second-order valence-corrected chi connectivity index (χ2v) is 8.13. The molecule has 0 bridgehead atoms. The predicted octanol–water partition coefficient (Wildman–Crippen LogP) is 3.37. The molecule has 0 N–H and O–H groups in total. The Hall–Kier alpha value is -2.41. The standard InChI is InChI=1S/C22H27N3O3S/c1-2-28-20(27)22(10-9-18-7-4-3-5-8-18)11-15-25(16-12-22)19(26)17-29-21-23-13-6-14-24-21/h3-8,13-14H,2,9-12,15-17H2,1H3. The summed E-state index contributed by atoms with van der Waals surface area (Å²) in [5.74, 6) is 0.235. The summed E-state index contributed by atoms with van der Waals surface area (Å²) in [5, 5.41) is 0.599. The van der Waals surface area contributed by atoms with E-state index in [1.54, 1.807) is 18.5 Å². The molecule has 2 heterocycles. The molecular formula is C22H27N3O3S. The maximum Gasteiger partial charge on any atom is 0.312 e. The van der Waals surface area contributed by atoms with Gasteiger partial charge in [-0.1, -0.05) is 42.1 Å². The fourth-order valence-corrected chi connectivity index (χ4v) is 4.34. The van der Waals surface area contributed by atoms with Crippen molar-refractivity contribution < 1.29 is 14.3 Å². The number of nitrogens with zero attached hydrogens (tertiary/aromatic N) is 3. The lowest BCUT2D eigenvalue weighted by atomic mass is 9.74. The number of carbonyl (C=O) groups is 2. The van der Waals surface area contributed by atoms with E-state index < -0.39 is 5.41 Å². The molecule has 1 saturated heterocycles. The van der Waals surface area contributed by atoms with Crippen LogP contribution in [0.3, 0.4) is 0 Å². The molecule has 1 aliphatic rings. The largest absolute Gasteiger partial charge is 0.466 e. The van der Waals surface area contributed by atoms with Gasteiger partial charge < -0.3 is 9.64 Å². The van der Waals surface area contributed by atoms with Crippen LogP contribution in [-0.4, -0.2) is 52.2 Å². The minimum Gasteiger partial charge on any atom is -0.466 e. The van der Waals surface area contributed by atoms with E-state index in [-0.39, 0.29) is 11.9 Å². The van der Waals surface area contributed by atoms with Gasteiger partial charge in [0.25, 0.3) is 0 Å². The average molecular weight is 414 g/mol. The highest BCUT2D eigenvalue weighted by Crippen LogP contribution is 2.38. The fraction of sp³-hybridized carbons (Fsp3) is 0.455. The molecule has 0 spiro atoms. The van der Waals surface area contributed by atoms with Crippen molar-refractivity contribution in [1.82, 2.24) is 14.9 Å². The molecule has 0 saturated carbocycles. The van der Waals surface area contributed by atoms with Gasteiger partial charge in [-0.2, -0.15) is 0 Å². The van der Waals surface area contributed by atoms with Crippen LogP contribution in [-0.2, 0) is 20.7 Å². The third kappa shape index (κ3) is 5.79. The van der Waals surface area contributed by atoms with Crippen molar-refractivity contribution in [2.24, 2.45) is 5.41 Å². The quantitative estimate of drug-likeness (QED) is 0.375. The normalized spacial score (nSPS) is 15.7. The van der Waals surface area contributed by atoms with Gasteiger partial charge in [-0.15, -0.1) is 0 Å². The number of esters is 1. The van der Waals surface area contributed by atoms with Gasteiger partial charge in [0.1, 0.15) is 0 Å². The van der Waals surface area contributed by atoms with E-state index in [0.29, 0.717) is 43.4 Å². The molecular weight excluding hydrogens is 386 g/mol. The van der Waals surface area contributed by atoms with Crippen molar-refractivity contribution in [3.63, 3.8) is 0 Å². The average Bonchev–Trinajstić information content (AvgIpc) is 2.78. The summed E-state index contributed by atoms with van der Waals surface area (Å²) in [6.45, 7) is 3.36. The van der Waals surface area contributed by atoms with Crippen LogP contribution in [0.4, 0.5) is 0 Å². The molecule has 1 amide bonds. The molecule has 1 aromatic heterocycles. The zero-order valence-corrected chi connectivity index (χ0v) is 17.6. The number of thioether (sulfide) groups is 1. The van der Waals surface area contributed by atoms with Gasteiger partial charge in [0.2, 0.25) is 5.91 Å². The van der Waals surface area contributed by atoms with Gasteiger partial charge >= 0.3 is 5.97 Å². The van der Waals surface area contributed by atoms with Crippen molar-refractivity contribution in [3.05, 3.63) is 54.4 Å². The van der Waals surface area contributed by atoms with Crippen LogP contribution in [0.25, 0.3) is 0 Å². The number of hydrogen-bond donors (Lipinski definition) is 0. The Morgan fingerprint density at radius 3 is 2.45 bits per heavy atom. The van der Waals surface area contributed by atoms with E-state index in [9.17, 15) is 9.59 Å². The Labute approximate surface area is 176 Å². The maximum atomic E-state index is 12.8. The molecule has 1 aromatic carbocycles. The highest BCUT2D eigenvalue weighted by atomic mass is 32.2. The lowest BCUT2D eigenvalue weighted by molar-refractivity contribution is -0.160. The lowest BCUT2D eigenvalue weighted by Gasteiger charge is -2.40. The molecule has 1 aliphatic heterocycles. The number of rotatable bonds is 8. The van der Waals surface area contributed by atoms with Crippen LogP contribution in [0, 0.1) is 5.41 Å². The molecule has 0 unspecified atom stereocenters.